The smallest absolute Gasteiger partial charge is 0.257 e. The fourth-order valence-electron chi connectivity index (χ4n) is 2.11. The third-order valence-corrected chi connectivity index (χ3v) is 3.82. The minimum absolute atomic E-state index is 0.322. The van der Waals surface area contributed by atoms with Crippen molar-refractivity contribution in [3.8, 4) is 0 Å². The number of nitrogens with one attached hydrogen (secondary N) is 2. The van der Waals surface area contributed by atoms with Gasteiger partial charge < -0.3 is 16.0 Å². The molecule has 0 aliphatic heterocycles. The van der Waals surface area contributed by atoms with Crippen molar-refractivity contribution in [1.29, 1.82) is 0 Å². The van der Waals surface area contributed by atoms with Gasteiger partial charge in [-0.2, -0.15) is 0 Å². The van der Waals surface area contributed by atoms with Crippen LogP contribution in [0.4, 0.5) is 15.8 Å². The van der Waals surface area contributed by atoms with Gasteiger partial charge in [-0.25, -0.2) is 4.39 Å². The molecule has 1 aromatic heterocycles. The van der Waals surface area contributed by atoms with Gasteiger partial charge in [0, 0.05) is 27.3 Å². The van der Waals surface area contributed by atoms with E-state index >= 15 is 0 Å². The van der Waals surface area contributed by atoms with Crippen LogP contribution in [0.2, 0.25) is 0 Å². The van der Waals surface area contributed by atoms with E-state index < -0.39 is 5.82 Å². The molecule has 0 aliphatic carbocycles. The van der Waals surface area contributed by atoms with Crippen LogP contribution in [0.3, 0.4) is 0 Å². The zero-order chi connectivity index (χ0) is 15.0. The zero-order valence-corrected chi connectivity index (χ0v) is 12.4. The van der Waals surface area contributed by atoms with Gasteiger partial charge in [-0.1, -0.05) is 0 Å². The summed E-state index contributed by atoms with van der Waals surface area (Å²) in [6.45, 7) is 0. The Kier molecular flexibility index (Phi) is 3.39. The number of H-pyrrole nitrogens is 1. The molecule has 4 N–H and O–H groups in total. The molecule has 0 saturated carbocycles. The number of hydrogen-bond acceptors (Lipinski definition) is 2. The Labute approximate surface area is 128 Å². The lowest BCUT2D eigenvalue weighted by Crippen LogP contribution is -2.12. The maximum atomic E-state index is 13.2. The average Bonchev–Trinajstić information content (AvgIpc) is 2.85. The molecule has 0 spiro atoms. The van der Waals surface area contributed by atoms with E-state index in [9.17, 15) is 9.18 Å². The van der Waals surface area contributed by atoms with Crippen LogP contribution < -0.4 is 11.1 Å². The van der Waals surface area contributed by atoms with Crippen LogP contribution in [-0.4, -0.2) is 10.9 Å². The fourth-order valence-corrected chi connectivity index (χ4v) is 2.46. The SMILES string of the molecule is Nc1ccc2c(C(=O)Nc3cc(F)ccc3Br)c[nH]c2c1. The van der Waals surface area contributed by atoms with E-state index in [4.69, 9.17) is 5.73 Å². The zero-order valence-electron chi connectivity index (χ0n) is 10.8. The van der Waals surface area contributed by atoms with Crippen LogP contribution in [0.15, 0.2) is 47.1 Å². The van der Waals surface area contributed by atoms with Crippen molar-refractivity contribution in [1.82, 2.24) is 4.98 Å². The first-order chi connectivity index (χ1) is 10.0. The number of rotatable bonds is 2. The summed E-state index contributed by atoms with van der Waals surface area (Å²) in [6.07, 6.45) is 1.60. The number of aromatic nitrogens is 1. The molecular weight excluding hydrogens is 337 g/mol. The van der Waals surface area contributed by atoms with Crippen molar-refractivity contribution in [3.05, 3.63) is 58.4 Å². The van der Waals surface area contributed by atoms with Crippen LogP contribution in [0, 0.1) is 5.82 Å². The van der Waals surface area contributed by atoms with Gasteiger partial charge in [-0.05, 0) is 52.3 Å². The molecule has 0 radical (unpaired) electrons. The van der Waals surface area contributed by atoms with Gasteiger partial charge in [0.05, 0.1) is 11.3 Å². The quantitative estimate of drug-likeness (QED) is 0.615. The summed E-state index contributed by atoms with van der Waals surface area (Å²) in [5.74, 6) is -0.738. The second-order valence-electron chi connectivity index (χ2n) is 4.59. The third-order valence-electron chi connectivity index (χ3n) is 3.13. The minimum Gasteiger partial charge on any atom is -0.399 e. The van der Waals surface area contributed by atoms with E-state index in [-0.39, 0.29) is 5.91 Å². The van der Waals surface area contributed by atoms with Crippen LogP contribution >= 0.6 is 15.9 Å². The van der Waals surface area contributed by atoms with Crippen LogP contribution in [0.5, 0.6) is 0 Å². The number of carbonyl (C=O) groups excluding carboxylic acids is 1. The summed E-state index contributed by atoms with van der Waals surface area (Å²) in [6, 6.07) is 9.37. The molecule has 0 bridgehead atoms. The van der Waals surface area contributed by atoms with Gasteiger partial charge in [-0.15, -0.1) is 0 Å². The third kappa shape index (κ3) is 2.62. The lowest BCUT2D eigenvalue weighted by Gasteiger charge is -2.07. The standard InChI is InChI=1S/C15H11BrFN3O/c16-12-4-1-8(17)5-14(12)20-15(21)11-7-19-13-6-9(18)2-3-10(11)13/h1-7,19H,18H2,(H,20,21). The molecule has 0 unspecified atom stereocenters. The van der Waals surface area contributed by atoms with Crippen molar-refractivity contribution in [2.45, 2.75) is 0 Å². The predicted molar refractivity (Wildman–Crippen MR) is 84.8 cm³/mol. The number of aromatic amines is 1. The topological polar surface area (TPSA) is 70.9 Å². The Morgan fingerprint density at radius 3 is 2.86 bits per heavy atom. The van der Waals surface area contributed by atoms with Gasteiger partial charge >= 0.3 is 0 Å². The van der Waals surface area contributed by atoms with E-state index in [1.807, 2.05) is 0 Å². The van der Waals surface area contributed by atoms with E-state index in [1.165, 1.54) is 12.1 Å². The number of nitrogens with two attached hydrogens (primary N) is 1. The Balaban J connectivity index is 1.95. The van der Waals surface area contributed by atoms with Crippen molar-refractivity contribution >= 4 is 44.1 Å². The van der Waals surface area contributed by atoms with Gasteiger partial charge in [0.15, 0.2) is 0 Å². The maximum Gasteiger partial charge on any atom is 0.257 e. The van der Waals surface area contributed by atoms with Crippen LogP contribution in [0.25, 0.3) is 10.9 Å². The van der Waals surface area contributed by atoms with Crippen molar-refractivity contribution in [2.24, 2.45) is 0 Å². The van der Waals surface area contributed by atoms with E-state index in [2.05, 4.69) is 26.2 Å². The molecule has 0 atom stereocenters. The van der Waals surface area contributed by atoms with Crippen molar-refractivity contribution in [2.75, 3.05) is 11.1 Å². The summed E-state index contributed by atoms with van der Waals surface area (Å²) in [7, 11) is 0. The first-order valence-electron chi connectivity index (χ1n) is 6.17. The molecule has 3 aromatic rings. The number of fused-ring (bicyclic) bond motifs is 1. The normalized spacial score (nSPS) is 10.8. The maximum absolute atomic E-state index is 13.2. The second-order valence-corrected chi connectivity index (χ2v) is 5.44. The molecule has 2 aromatic carbocycles. The van der Waals surface area contributed by atoms with E-state index in [0.29, 0.717) is 21.4 Å². The van der Waals surface area contributed by atoms with Crippen molar-refractivity contribution in [3.63, 3.8) is 0 Å². The highest BCUT2D eigenvalue weighted by atomic mass is 79.9. The summed E-state index contributed by atoms with van der Waals surface area (Å²) in [5, 5.41) is 3.44. The Morgan fingerprint density at radius 1 is 1.24 bits per heavy atom. The summed E-state index contributed by atoms with van der Waals surface area (Å²) >= 11 is 3.28. The Morgan fingerprint density at radius 2 is 2.05 bits per heavy atom. The van der Waals surface area contributed by atoms with Gasteiger partial charge in [-0.3, -0.25) is 4.79 Å². The van der Waals surface area contributed by atoms with Gasteiger partial charge in [0.1, 0.15) is 5.82 Å². The Bertz CT molecular complexity index is 844. The fraction of sp³-hybridized carbons (Fsp3) is 0. The first-order valence-corrected chi connectivity index (χ1v) is 6.97. The molecule has 1 heterocycles. The molecule has 0 saturated heterocycles. The summed E-state index contributed by atoms with van der Waals surface area (Å²) in [4.78, 5) is 15.3. The highest BCUT2D eigenvalue weighted by Crippen LogP contribution is 2.26. The molecule has 3 rings (SSSR count). The van der Waals surface area contributed by atoms with Crippen LogP contribution in [0.1, 0.15) is 10.4 Å². The number of carbonyl (C=O) groups is 1. The largest absolute Gasteiger partial charge is 0.399 e. The molecule has 106 valence electrons. The number of halogens is 2. The number of hydrogen-bond donors (Lipinski definition) is 3. The monoisotopic (exact) mass is 347 g/mol. The molecule has 21 heavy (non-hydrogen) atoms. The molecular formula is C15H11BrFN3O. The second kappa shape index (κ2) is 5.21. The molecule has 4 nitrogen and oxygen atoms in total. The molecule has 1 amide bonds. The molecule has 6 heteroatoms. The minimum atomic E-state index is -0.416. The molecule has 0 aliphatic rings. The number of amides is 1. The summed E-state index contributed by atoms with van der Waals surface area (Å²) < 4.78 is 13.9. The highest BCUT2D eigenvalue weighted by Gasteiger charge is 2.14. The Hall–Kier alpha value is -2.34. The average molecular weight is 348 g/mol. The number of nitrogen functional groups attached to an aromatic ring is 1. The number of benzene rings is 2. The van der Waals surface area contributed by atoms with Crippen molar-refractivity contribution < 1.29 is 9.18 Å². The van der Waals surface area contributed by atoms with E-state index in [1.54, 1.807) is 30.5 Å². The first kappa shape index (κ1) is 13.6. The lowest BCUT2D eigenvalue weighted by atomic mass is 10.1. The highest BCUT2D eigenvalue weighted by molar-refractivity contribution is 9.10. The van der Waals surface area contributed by atoms with Gasteiger partial charge in [0.2, 0.25) is 0 Å². The summed E-state index contributed by atoms with van der Waals surface area (Å²) in [5.41, 5.74) is 7.94. The van der Waals surface area contributed by atoms with E-state index in [0.717, 1.165) is 10.9 Å². The van der Waals surface area contributed by atoms with Crippen LogP contribution in [-0.2, 0) is 0 Å². The molecule has 0 fully saturated rings. The predicted octanol–water partition coefficient (Wildman–Crippen LogP) is 3.90. The van der Waals surface area contributed by atoms with Gasteiger partial charge in [0.25, 0.3) is 5.91 Å². The lowest BCUT2D eigenvalue weighted by molar-refractivity contribution is 0.102. The number of anilines is 2.